The molecule has 0 atom stereocenters. The lowest BCUT2D eigenvalue weighted by Gasteiger charge is -2.10. The number of carbonyl (C=O) groups is 2. The van der Waals surface area contributed by atoms with E-state index in [0.29, 0.717) is 5.69 Å². The van der Waals surface area contributed by atoms with Gasteiger partial charge in [-0.3, -0.25) is 4.79 Å². The summed E-state index contributed by atoms with van der Waals surface area (Å²) in [6, 6.07) is 18.5. The largest absolute Gasteiger partial charge is 0.480 e. The van der Waals surface area contributed by atoms with Crippen LogP contribution in [0.15, 0.2) is 65.7 Å². The van der Waals surface area contributed by atoms with Crippen LogP contribution in [0.2, 0.25) is 0 Å². The van der Waals surface area contributed by atoms with Crippen LogP contribution in [0.5, 0.6) is 5.75 Å². The minimum absolute atomic E-state index is 0.0107. The molecule has 0 bridgehead atoms. The molecule has 0 saturated carbocycles. The molecule has 1 N–H and O–H groups in total. The van der Waals surface area contributed by atoms with E-state index in [2.05, 4.69) is 16.5 Å². The Kier molecular flexibility index (Phi) is 7.67. The minimum atomic E-state index is -0.633. The van der Waals surface area contributed by atoms with Gasteiger partial charge >= 0.3 is 5.97 Å². The summed E-state index contributed by atoms with van der Waals surface area (Å²) >= 11 is 1.33. The van der Waals surface area contributed by atoms with Crippen molar-refractivity contribution >= 4 is 29.3 Å². The first kappa shape index (κ1) is 21.9. The number of ether oxygens (including phenoxy) is 2. The molecule has 0 unspecified atom stereocenters. The molecule has 3 aromatic rings. The van der Waals surface area contributed by atoms with Crippen molar-refractivity contribution in [2.75, 3.05) is 24.3 Å². The van der Waals surface area contributed by atoms with Crippen LogP contribution < -0.4 is 10.1 Å². The minimum Gasteiger partial charge on any atom is -0.480 e. The van der Waals surface area contributed by atoms with E-state index in [0.717, 1.165) is 10.6 Å². The molecular weight excluding hydrogens is 416 g/mol. The van der Waals surface area contributed by atoms with Crippen molar-refractivity contribution in [1.29, 1.82) is 5.26 Å². The summed E-state index contributed by atoms with van der Waals surface area (Å²) in [5.41, 5.74) is 1.31. The molecule has 9 heteroatoms. The maximum atomic E-state index is 12.4. The summed E-state index contributed by atoms with van der Waals surface area (Å²) in [7, 11) is 0. The fourth-order valence-corrected chi connectivity index (χ4v) is 3.32. The zero-order valence-corrected chi connectivity index (χ0v) is 17.6. The number of carbonyl (C=O) groups excluding carboxylic acids is 2. The number of rotatable bonds is 9. The summed E-state index contributed by atoms with van der Waals surface area (Å²) in [5, 5.41) is 15.8. The second kappa shape index (κ2) is 10.8. The molecule has 1 aromatic heterocycles. The summed E-state index contributed by atoms with van der Waals surface area (Å²) < 4.78 is 12.1. The number of hydrogen-bond acceptors (Lipinski definition) is 7. The van der Waals surface area contributed by atoms with Crippen molar-refractivity contribution in [3.63, 3.8) is 0 Å². The van der Waals surface area contributed by atoms with Crippen molar-refractivity contribution in [2.24, 2.45) is 0 Å². The number of nitrogens with one attached hydrogen (secondary N) is 1. The number of benzene rings is 2. The average molecular weight is 436 g/mol. The molecule has 0 aliphatic carbocycles. The highest BCUT2D eigenvalue weighted by molar-refractivity contribution is 7.99. The van der Waals surface area contributed by atoms with E-state index in [4.69, 9.17) is 14.7 Å². The third kappa shape index (κ3) is 5.87. The fraction of sp³-hybridized carbons (Fsp3) is 0.182. The Hall–Kier alpha value is -3.77. The highest BCUT2D eigenvalue weighted by Crippen LogP contribution is 2.27. The Morgan fingerprint density at radius 1 is 1.16 bits per heavy atom. The van der Waals surface area contributed by atoms with Gasteiger partial charge in [-0.1, -0.05) is 30.3 Å². The third-order valence-electron chi connectivity index (χ3n) is 3.98. The smallest absolute Gasteiger partial charge is 0.362 e. The number of esters is 1. The number of aromatic nitrogens is 2. The zero-order chi connectivity index (χ0) is 22.1. The number of hydrogen-bond donors (Lipinski definition) is 1. The fourth-order valence-electron chi connectivity index (χ4n) is 2.65. The van der Waals surface area contributed by atoms with Crippen LogP contribution in [-0.2, 0) is 9.53 Å². The Bertz CT molecular complexity index is 1090. The molecule has 0 spiro atoms. The van der Waals surface area contributed by atoms with Crippen molar-refractivity contribution in [1.82, 2.24) is 9.78 Å². The van der Waals surface area contributed by atoms with Crippen LogP contribution in [0.1, 0.15) is 17.4 Å². The average Bonchev–Trinajstić information content (AvgIpc) is 3.22. The molecule has 158 valence electrons. The van der Waals surface area contributed by atoms with Gasteiger partial charge in [-0.15, -0.1) is 11.8 Å². The Balaban J connectivity index is 1.73. The zero-order valence-electron chi connectivity index (χ0n) is 16.8. The maximum Gasteiger partial charge on any atom is 0.362 e. The molecule has 2 aromatic carbocycles. The van der Waals surface area contributed by atoms with Gasteiger partial charge in [-0.2, -0.15) is 10.4 Å². The van der Waals surface area contributed by atoms with Gasteiger partial charge in [0.05, 0.1) is 36.0 Å². The van der Waals surface area contributed by atoms with E-state index in [1.807, 2.05) is 42.5 Å². The van der Waals surface area contributed by atoms with Crippen LogP contribution in [0.25, 0.3) is 5.69 Å². The number of para-hydroxylation sites is 2. The molecule has 0 fully saturated rings. The van der Waals surface area contributed by atoms with Gasteiger partial charge in [0.15, 0.2) is 12.4 Å². The first-order valence-corrected chi connectivity index (χ1v) is 10.4. The highest BCUT2D eigenvalue weighted by atomic mass is 32.2. The van der Waals surface area contributed by atoms with E-state index >= 15 is 0 Å². The van der Waals surface area contributed by atoms with E-state index in [1.165, 1.54) is 22.6 Å². The second-order valence-electron chi connectivity index (χ2n) is 6.12. The van der Waals surface area contributed by atoms with Crippen molar-refractivity contribution in [2.45, 2.75) is 11.8 Å². The summed E-state index contributed by atoms with van der Waals surface area (Å²) in [5.74, 6) is -0.631. The SMILES string of the molecule is CCOC(=O)c1nn(-c2ccccc2)cc1OCC(=O)Nc1ccccc1SCC#N. The summed E-state index contributed by atoms with van der Waals surface area (Å²) in [6.07, 6.45) is 1.53. The highest BCUT2D eigenvalue weighted by Gasteiger charge is 2.21. The molecule has 1 heterocycles. The van der Waals surface area contributed by atoms with E-state index in [9.17, 15) is 9.59 Å². The van der Waals surface area contributed by atoms with Gasteiger partial charge in [-0.05, 0) is 31.2 Å². The molecule has 8 nitrogen and oxygen atoms in total. The van der Waals surface area contributed by atoms with Gasteiger partial charge < -0.3 is 14.8 Å². The monoisotopic (exact) mass is 436 g/mol. The lowest BCUT2D eigenvalue weighted by atomic mass is 10.3. The van der Waals surface area contributed by atoms with Gasteiger partial charge in [0.2, 0.25) is 5.69 Å². The number of nitriles is 1. The lowest BCUT2D eigenvalue weighted by Crippen LogP contribution is -2.21. The van der Waals surface area contributed by atoms with Crippen LogP contribution in [0, 0.1) is 11.3 Å². The molecule has 0 aliphatic rings. The molecule has 0 radical (unpaired) electrons. The molecular formula is C22H20N4O4S. The summed E-state index contributed by atoms with van der Waals surface area (Å²) in [4.78, 5) is 25.5. The molecule has 31 heavy (non-hydrogen) atoms. The topological polar surface area (TPSA) is 106 Å². The van der Waals surface area contributed by atoms with Gasteiger partial charge in [0.25, 0.3) is 5.91 Å². The van der Waals surface area contributed by atoms with Crippen LogP contribution in [0.4, 0.5) is 5.69 Å². The van der Waals surface area contributed by atoms with Crippen LogP contribution >= 0.6 is 11.8 Å². The van der Waals surface area contributed by atoms with Gasteiger partial charge in [0, 0.05) is 4.90 Å². The molecule has 1 amide bonds. The lowest BCUT2D eigenvalue weighted by molar-refractivity contribution is -0.118. The normalized spacial score (nSPS) is 10.2. The predicted octanol–water partition coefficient (Wildman–Crippen LogP) is 3.68. The summed E-state index contributed by atoms with van der Waals surface area (Å²) in [6.45, 7) is 1.56. The first-order valence-electron chi connectivity index (χ1n) is 9.46. The number of nitrogens with zero attached hydrogens (tertiary/aromatic N) is 3. The number of anilines is 1. The second-order valence-corrected chi connectivity index (χ2v) is 7.14. The standard InChI is InChI=1S/C22H20N4O4S/c1-2-29-22(28)21-18(14-26(25-21)16-8-4-3-5-9-16)30-15-20(27)24-17-10-6-7-11-19(17)31-13-12-23/h3-11,14H,2,13,15H2,1H3,(H,24,27). The number of amides is 1. The molecule has 0 saturated heterocycles. The first-order chi connectivity index (χ1) is 15.1. The van der Waals surface area contributed by atoms with Crippen LogP contribution in [0.3, 0.4) is 0 Å². The van der Waals surface area contributed by atoms with Crippen molar-refractivity contribution in [3.8, 4) is 17.5 Å². The van der Waals surface area contributed by atoms with E-state index in [-0.39, 0.29) is 30.4 Å². The predicted molar refractivity (Wildman–Crippen MR) is 116 cm³/mol. The Morgan fingerprint density at radius 2 is 1.90 bits per heavy atom. The Labute approximate surface area is 183 Å². The third-order valence-corrected chi connectivity index (χ3v) is 4.92. The van der Waals surface area contributed by atoms with E-state index < -0.39 is 11.9 Å². The van der Waals surface area contributed by atoms with Crippen molar-refractivity contribution < 1.29 is 19.1 Å². The van der Waals surface area contributed by atoms with Gasteiger partial charge in [0.1, 0.15) is 0 Å². The van der Waals surface area contributed by atoms with Crippen LogP contribution in [-0.4, -0.2) is 40.6 Å². The number of thioether (sulfide) groups is 1. The van der Waals surface area contributed by atoms with E-state index in [1.54, 1.807) is 19.1 Å². The van der Waals surface area contributed by atoms with Gasteiger partial charge in [-0.25, -0.2) is 9.48 Å². The molecule has 0 aliphatic heterocycles. The Morgan fingerprint density at radius 3 is 2.65 bits per heavy atom. The molecule has 3 rings (SSSR count). The maximum absolute atomic E-state index is 12.4. The van der Waals surface area contributed by atoms with Crippen molar-refractivity contribution in [3.05, 3.63) is 66.5 Å². The quantitative estimate of drug-likeness (QED) is 0.403.